The van der Waals surface area contributed by atoms with Crippen LogP contribution in [-0.2, 0) is 17.8 Å². The lowest BCUT2D eigenvalue weighted by atomic mass is 9.93. The molecule has 1 aromatic carbocycles. The molecule has 1 N–H and O–H groups in total. The van der Waals surface area contributed by atoms with Crippen molar-refractivity contribution in [3.8, 4) is 0 Å². The summed E-state index contributed by atoms with van der Waals surface area (Å²) in [4.78, 5) is 29.2. The van der Waals surface area contributed by atoms with E-state index in [-0.39, 0.29) is 17.9 Å². The van der Waals surface area contributed by atoms with Crippen LogP contribution >= 0.6 is 11.6 Å². The fraction of sp³-hybridized carbons (Fsp3) is 0.462. The van der Waals surface area contributed by atoms with Crippen LogP contribution in [0.4, 0.5) is 0 Å². The number of fused-ring (bicyclic) bond motifs is 3. The molecule has 174 valence electrons. The highest BCUT2D eigenvalue weighted by atomic mass is 35.5. The van der Waals surface area contributed by atoms with Gasteiger partial charge in [-0.25, -0.2) is 0 Å². The van der Waals surface area contributed by atoms with Gasteiger partial charge in [-0.05, 0) is 43.9 Å². The highest BCUT2D eigenvalue weighted by Gasteiger charge is 2.48. The molecular weight excluding hydrogens is 438 g/mol. The van der Waals surface area contributed by atoms with Gasteiger partial charge in [0.05, 0.1) is 18.3 Å². The van der Waals surface area contributed by atoms with Crippen molar-refractivity contribution in [2.24, 2.45) is 0 Å². The molecule has 33 heavy (non-hydrogen) atoms. The monoisotopic (exact) mass is 467 g/mol. The Morgan fingerprint density at radius 1 is 1.15 bits per heavy atom. The molecule has 0 radical (unpaired) electrons. The zero-order chi connectivity index (χ0) is 23.0. The maximum Gasteiger partial charge on any atom is 0.271 e. The summed E-state index contributed by atoms with van der Waals surface area (Å²) in [5.74, 6) is -0.213. The van der Waals surface area contributed by atoms with E-state index in [0.717, 1.165) is 36.8 Å². The van der Waals surface area contributed by atoms with Gasteiger partial charge in [-0.2, -0.15) is 0 Å². The maximum atomic E-state index is 13.8. The lowest BCUT2D eigenvalue weighted by molar-refractivity contribution is -0.133. The highest BCUT2D eigenvalue weighted by molar-refractivity contribution is 6.30. The van der Waals surface area contributed by atoms with Crippen molar-refractivity contribution >= 4 is 34.5 Å². The number of hydrogen-bond acceptors (Lipinski definition) is 3. The molecular formula is C26H30ClN3O3. The quantitative estimate of drug-likeness (QED) is 0.525. The van der Waals surface area contributed by atoms with E-state index in [4.69, 9.17) is 16.0 Å². The molecule has 5 rings (SSSR count). The number of aromatic nitrogens is 1. The topological polar surface area (TPSA) is 67.5 Å². The molecule has 1 saturated carbocycles. The number of furan rings is 1. The second-order valence-corrected chi connectivity index (χ2v) is 9.99. The zero-order valence-corrected chi connectivity index (χ0v) is 19.7. The fourth-order valence-electron chi connectivity index (χ4n) is 5.28. The van der Waals surface area contributed by atoms with E-state index < -0.39 is 5.54 Å². The first-order valence-electron chi connectivity index (χ1n) is 11.9. The molecule has 2 amide bonds. The van der Waals surface area contributed by atoms with Crippen molar-refractivity contribution < 1.29 is 14.0 Å². The average Bonchev–Trinajstić information content (AvgIpc) is 3.29. The first kappa shape index (κ1) is 22.1. The van der Waals surface area contributed by atoms with Crippen molar-refractivity contribution in [1.82, 2.24) is 14.8 Å². The summed E-state index contributed by atoms with van der Waals surface area (Å²) in [7, 11) is 0. The molecule has 1 aliphatic carbocycles. The summed E-state index contributed by atoms with van der Waals surface area (Å²) in [6.45, 7) is 2.74. The number of halogens is 1. The van der Waals surface area contributed by atoms with E-state index in [2.05, 4.69) is 5.32 Å². The van der Waals surface area contributed by atoms with Crippen molar-refractivity contribution in [3.05, 3.63) is 58.9 Å². The van der Waals surface area contributed by atoms with Gasteiger partial charge in [0.1, 0.15) is 11.2 Å². The van der Waals surface area contributed by atoms with Crippen LogP contribution in [-0.4, -0.2) is 39.4 Å². The van der Waals surface area contributed by atoms with Gasteiger partial charge < -0.3 is 19.2 Å². The third-order valence-corrected chi connectivity index (χ3v) is 7.52. The number of hydrogen-bond donors (Lipinski definition) is 1. The Kier molecular flexibility index (Phi) is 5.95. The first-order chi connectivity index (χ1) is 16.0. The summed E-state index contributed by atoms with van der Waals surface area (Å²) in [5, 5.41) is 3.98. The van der Waals surface area contributed by atoms with E-state index in [1.165, 1.54) is 12.8 Å². The number of nitrogens with one attached hydrogen (secondary N) is 1. The normalized spacial score (nSPS) is 21.8. The van der Waals surface area contributed by atoms with Crippen LogP contribution in [0.15, 0.2) is 47.1 Å². The zero-order valence-electron chi connectivity index (χ0n) is 19.0. The van der Waals surface area contributed by atoms with Crippen molar-refractivity contribution in [3.63, 3.8) is 0 Å². The predicted octanol–water partition coefficient (Wildman–Crippen LogP) is 5.18. The number of carbonyl (C=O) groups excluding carboxylic acids is 2. The molecule has 0 bridgehead atoms. The minimum absolute atomic E-state index is 0.0742. The second-order valence-electron chi connectivity index (χ2n) is 9.55. The van der Waals surface area contributed by atoms with Gasteiger partial charge in [0.25, 0.3) is 5.91 Å². The van der Waals surface area contributed by atoms with Crippen LogP contribution in [0.3, 0.4) is 0 Å². The number of amides is 2. The minimum atomic E-state index is -0.994. The minimum Gasteiger partial charge on any atom is -0.463 e. The van der Waals surface area contributed by atoms with E-state index in [1.54, 1.807) is 17.2 Å². The summed E-state index contributed by atoms with van der Waals surface area (Å²) >= 11 is 6.03. The Balaban J connectivity index is 1.45. The smallest absolute Gasteiger partial charge is 0.271 e. The Bertz CT molecular complexity index is 1160. The molecule has 2 aliphatic rings. The van der Waals surface area contributed by atoms with Gasteiger partial charge in [0.2, 0.25) is 5.91 Å². The van der Waals surface area contributed by atoms with Gasteiger partial charge in [0, 0.05) is 29.7 Å². The molecule has 7 heteroatoms. The van der Waals surface area contributed by atoms with E-state index in [1.807, 2.05) is 41.8 Å². The molecule has 1 aliphatic heterocycles. The summed E-state index contributed by atoms with van der Waals surface area (Å²) in [5.41, 5.74) is 2.17. The van der Waals surface area contributed by atoms with Gasteiger partial charge in [-0.3, -0.25) is 9.59 Å². The van der Waals surface area contributed by atoms with Gasteiger partial charge >= 0.3 is 0 Å². The van der Waals surface area contributed by atoms with Crippen molar-refractivity contribution in [2.45, 2.75) is 70.0 Å². The molecule has 0 spiro atoms. The van der Waals surface area contributed by atoms with Crippen molar-refractivity contribution in [1.29, 1.82) is 0 Å². The Morgan fingerprint density at radius 2 is 1.88 bits per heavy atom. The highest BCUT2D eigenvalue weighted by Crippen LogP contribution is 2.33. The third-order valence-electron chi connectivity index (χ3n) is 7.27. The number of rotatable bonds is 5. The predicted molar refractivity (Wildman–Crippen MR) is 128 cm³/mol. The lowest BCUT2D eigenvalue weighted by Gasteiger charge is -2.44. The van der Waals surface area contributed by atoms with Gasteiger partial charge in [-0.15, -0.1) is 0 Å². The molecule has 6 nitrogen and oxygen atoms in total. The largest absolute Gasteiger partial charge is 0.463 e. The second kappa shape index (κ2) is 8.90. The Hall–Kier alpha value is -2.73. The van der Waals surface area contributed by atoms with Crippen LogP contribution in [0, 0.1) is 0 Å². The van der Waals surface area contributed by atoms with Crippen molar-refractivity contribution in [2.75, 3.05) is 6.54 Å². The molecule has 2 aromatic heterocycles. The van der Waals surface area contributed by atoms with Crippen LogP contribution in [0.25, 0.3) is 11.1 Å². The standard InChI is InChI=1S/C26H30ClN3O3/c1-26(25(32)28-20-6-4-2-3-5-7-20)17-29-21-13-15-33-23(21)16-22(29)24(31)30(26)14-12-18-8-10-19(27)11-9-18/h8-11,13,15-16,20H,2-7,12,14,17H2,1H3,(H,28,32)/t26-/m1/s1. The Morgan fingerprint density at radius 3 is 2.61 bits per heavy atom. The van der Waals surface area contributed by atoms with E-state index in [9.17, 15) is 9.59 Å². The molecule has 1 fully saturated rings. The molecule has 0 unspecified atom stereocenters. The number of benzene rings is 1. The van der Waals surface area contributed by atoms with E-state index >= 15 is 0 Å². The third kappa shape index (κ3) is 4.17. The summed E-state index contributed by atoms with van der Waals surface area (Å²) in [6.07, 6.45) is 8.99. The van der Waals surface area contributed by atoms with Crippen LogP contribution in [0.1, 0.15) is 61.5 Å². The molecule has 3 aromatic rings. The molecule has 3 heterocycles. The van der Waals surface area contributed by atoms with E-state index in [0.29, 0.717) is 35.8 Å². The Labute approximate surface area is 198 Å². The summed E-state index contributed by atoms with van der Waals surface area (Å²) < 4.78 is 7.49. The SMILES string of the molecule is C[C@]1(C(=O)NC2CCCCCC2)Cn2c(cc3occc32)C(=O)N1CCc1ccc(Cl)cc1. The van der Waals surface area contributed by atoms with Gasteiger partial charge in [-0.1, -0.05) is 49.4 Å². The van der Waals surface area contributed by atoms with Crippen LogP contribution in [0.5, 0.6) is 0 Å². The fourth-order valence-corrected chi connectivity index (χ4v) is 5.41. The summed E-state index contributed by atoms with van der Waals surface area (Å²) in [6, 6.07) is 11.5. The number of carbonyl (C=O) groups is 2. The van der Waals surface area contributed by atoms with Gasteiger partial charge in [0.15, 0.2) is 5.58 Å². The molecule has 1 atom stereocenters. The first-order valence-corrected chi connectivity index (χ1v) is 12.3. The van der Waals surface area contributed by atoms with Crippen LogP contribution < -0.4 is 5.32 Å². The number of nitrogens with zero attached hydrogens (tertiary/aromatic N) is 2. The van der Waals surface area contributed by atoms with Crippen LogP contribution in [0.2, 0.25) is 5.02 Å². The maximum absolute atomic E-state index is 13.8. The molecule has 0 saturated heterocycles. The average molecular weight is 468 g/mol. The lowest BCUT2D eigenvalue weighted by Crippen LogP contribution is -2.65.